The van der Waals surface area contributed by atoms with Gasteiger partial charge >= 0.3 is 0 Å². The molecule has 0 radical (unpaired) electrons. The molecule has 0 spiro atoms. The lowest BCUT2D eigenvalue weighted by Crippen LogP contribution is -2.33. The van der Waals surface area contributed by atoms with Crippen LogP contribution in [0.4, 0.5) is 0 Å². The van der Waals surface area contributed by atoms with Crippen molar-refractivity contribution in [2.45, 2.75) is 13.8 Å². The maximum absolute atomic E-state index is 11.8. The molecule has 5 heteroatoms. The van der Waals surface area contributed by atoms with Crippen molar-refractivity contribution in [2.24, 2.45) is 11.7 Å². The molecule has 0 aliphatic rings. The highest BCUT2D eigenvalue weighted by Gasteiger charge is 2.10. The number of carbonyl (C=O) groups excluding carboxylic acids is 1. The van der Waals surface area contributed by atoms with Crippen LogP contribution in [0.3, 0.4) is 0 Å². The Kier molecular flexibility index (Phi) is 4.90. The summed E-state index contributed by atoms with van der Waals surface area (Å²) in [4.78, 5) is 12.2. The number of hydrogen-bond acceptors (Lipinski definition) is 2. The third-order valence-corrected chi connectivity index (χ3v) is 3.30. The van der Waals surface area contributed by atoms with E-state index in [9.17, 15) is 4.79 Å². The van der Waals surface area contributed by atoms with Gasteiger partial charge in [0.2, 0.25) is 0 Å². The zero-order valence-electron chi connectivity index (χ0n) is 9.79. The molecule has 1 aromatic rings. The van der Waals surface area contributed by atoms with Gasteiger partial charge in [-0.2, -0.15) is 0 Å². The number of carbonyl (C=O) groups is 1. The van der Waals surface area contributed by atoms with Crippen LogP contribution in [0.5, 0.6) is 0 Å². The van der Waals surface area contributed by atoms with Crippen molar-refractivity contribution in [3.63, 3.8) is 0 Å². The Morgan fingerprint density at radius 2 is 2.24 bits per heavy atom. The molecule has 0 saturated carbocycles. The molecule has 0 aliphatic heterocycles. The van der Waals surface area contributed by atoms with Crippen molar-refractivity contribution >= 4 is 34.7 Å². The minimum Gasteiger partial charge on any atom is -0.393 e. The van der Waals surface area contributed by atoms with Crippen LogP contribution >= 0.6 is 23.8 Å². The molecule has 0 heterocycles. The molecule has 0 bridgehead atoms. The second-order valence-electron chi connectivity index (χ2n) is 3.98. The molecule has 1 unspecified atom stereocenters. The van der Waals surface area contributed by atoms with Crippen LogP contribution in [-0.4, -0.2) is 17.4 Å². The van der Waals surface area contributed by atoms with E-state index in [-0.39, 0.29) is 11.8 Å². The summed E-state index contributed by atoms with van der Waals surface area (Å²) < 4.78 is 0. The number of nitrogens with one attached hydrogen (secondary N) is 1. The van der Waals surface area contributed by atoms with Crippen molar-refractivity contribution in [3.8, 4) is 0 Å². The first-order valence-corrected chi connectivity index (χ1v) is 6.04. The summed E-state index contributed by atoms with van der Waals surface area (Å²) in [5.74, 6) is -0.190. The Morgan fingerprint density at radius 1 is 1.59 bits per heavy atom. The molecule has 0 fully saturated rings. The molecule has 0 aromatic heterocycles. The third kappa shape index (κ3) is 3.98. The maximum atomic E-state index is 11.8. The van der Waals surface area contributed by atoms with E-state index in [1.165, 1.54) is 0 Å². The van der Waals surface area contributed by atoms with Gasteiger partial charge in [0.05, 0.1) is 4.99 Å². The number of amides is 1. The number of halogens is 1. The first-order chi connectivity index (χ1) is 7.91. The van der Waals surface area contributed by atoms with Crippen LogP contribution in [0.1, 0.15) is 22.8 Å². The number of nitrogens with two attached hydrogens (primary N) is 1. The van der Waals surface area contributed by atoms with Gasteiger partial charge < -0.3 is 11.1 Å². The molecule has 1 rings (SSSR count). The number of hydrogen-bond donors (Lipinski definition) is 2. The first kappa shape index (κ1) is 13.9. The Hall–Kier alpha value is -1.13. The second kappa shape index (κ2) is 5.98. The van der Waals surface area contributed by atoms with Gasteiger partial charge in [-0.05, 0) is 24.6 Å². The molecule has 3 N–H and O–H groups in total. The molecular weight excluding hydrogens is 256 g/mol. The van der Waals surface area contributed by atoms with Crippen LogP contribution in [0.15, 0.2) is 18.2 Å². The molecule has 1 atom stereocenters. The number of rotatable bonds is 4. The van der Waals surface area contributed by atoms with Crippen molar-refractivity contribution < 1.29 is 4.79 Å². The molecule has 17 heavy (non-hydrogen) atoms. The van der Waals surface area contributed by atoms with E-state index in [4.69, 9.17) is 29.6 Å². The molecule has 1 amide bonds. The SMILES string of the molecule is Cc1ccc(C(=O)NCC(C)C(N)=S)cc1Cl. The standard InChI is InChI=1S/C12H15ClN2OS/c1-7-3-4-9(5-10(7)13)12(16)15-6-8(2)11(14)17/h3-5,8H,6H2,1-2H3,(H2,14,17)(H,15,16). The van der Waals surface area contributed by atoms with Crippen molar-refractivity contribution in [2.75, 3.05) is 6.54 Å². The quantitative estimate of drug-likeness (QED) is 0.826. The van der Waals surface area contributed by atoms with Crippen LogP contribution in [0.25, 0.3) is 0 Å². The normalized spacial score (nSPS) is 11.9. The summed E-state index contributed by atoms with van der Waals surface area (Å²) in [5.41, 5.74) is 6.95. The predicted molar refractivity (Wildman–Crippen MR) is 74.5 cm³/mol. The van der Waals surface area contributed by atoms with Crippen LogP contribution < -0.4 is 11.1 Å². The topological polar surface area (TPSA) is 55.1 Å². The lowest BCUT2D eigenvalue weighted by atomic mass is 10.1. The van der Waals surface area contributed by atoms with E-state index >= 15 is 0 Å². The van der Waals surface area contributed by atoms with Crippen molar-refractivity contribution in [3.05, 3.63) is 34.3 Å². The van der Waals surface area contributed by atoms with Gasteiger partial charge in [-0.25, -0.2) is 0 Å². The smallest absolute Gasteiger partial charge is 0.251 e. The lowest BCUT2D eigenvalue weighted by Gasteiger charge is -2.11. The molecule has 92 valence electrons. The monoisotopic (exact) mass is 270 g/mol. The predicted octanol–water partition coefficient (Wildman–Crippen LogP) is 2.30. The van der Waals surface area contributed by atoms with Gasteiger partial charge in [0.1, 0.15) is 0 Å². The Balaban J connectivity index is 2.64. The average Bonchev–Trinajstić information content (AvgIpc) is 2.28. The second-order valence-corrected chi connectivity index (χ2v) is 4.86. The van der Waals surface area contributed by atoms with Crippen LogP contribution in [0, 0.1) is 12.8 Å². The van der Waals surface area contributed by atoms with E-state index < -0.39 is 0 Å². The fourth-order valence-corrected chi connectivity index (χ4v) is 1.45. The van der Waals surface area contributed by atoms with Gasteiger partial charge in [-0.1, -0.05) is 36.8 Å². The zero-order valence-corrected chi connectivity index (χ0v) is 11.4. The summed E-state index contributed by atoms with van der Waals surface area (Å²) in [7, 11) is 0. The summed E-state index contributed by atoms with van der Waals surface area (Å²) in [6.07, 6.45) is 0. The molecule has 0 aliphatic carbocycles. The van der Waals surface area contributed by atoms with Crippen LogP contribution in [-0.2, 0) is 0 Å². The third-order valence-electron chi connectivity index (χ3n) is 2.49. The molecule has 1 aromatic carbocycles. The summed E-state index contributed by atoms with van der Waals surface area (Å²) in [6, 6.07) is 5.20. The largest absolute Gasteiger partial charge is 0.393 e. The zero-order chi connectivity index (χ0) is 13.0. The maximum Gasteiger partial charge on any atom is 0.251 e. The number of benzene rings is 1. The summed E-state index contributed by atoms with van der Waals surface area (Å²) in [5, 5.41) is 3.35. The van der Waals surface area contributed by atoms with Gasteiger partial charge in [-0.3, -0.25) is 4.79 Å². The van der Waals surface area contributed by atoms with Gasteiger partial charge in [-0.15, -0.1) is 0 Å². The van der Waals surface area contributed by atoms with E-state index in [1.54, 1.807) is 12.1 Å². The lowest BCUT2D eigenvalue weighted by molar-refractivity contribution is 0.0951. The fraction of sp³-hybridized carbons (Fsp3) is 0.333. The number of aryl methyl sites for hydroxylation is 1. The van der Waals surface area contributed by atoms with Crippen molar-refractivity contribution in [1.82, 2.24) is 5.32 Å². The minimum absolute atomic E-state index is 0.0186. The summed E-state index contributed by atoms with van der Waals surface area (Å²) >= 11 is 10.8. The van der Waals surface area contributed by atoms with E-state index in [0.717, 1.165) is 5.56 Å². The summed E-state index contributed by atoms with van der Waals surface area (Å²) in [6.45, 7) is 4.18. The Labute approximate surface area is 111 Å². The number of thiocarbonyl (C=S) groups is 1. The highest BCUT2D eigenvalue weighted by Crippen LogP contribution is 2.16. The van der Waals surface area contributed by atoms with Gasteiger partial charge in [0.15, 0.2) is 0 Å². The average molecular weight is 271 g/mol. The van der Waals surface area contributed by atoms with E-state index in [2.05, 4.69) is 5.32 Å². The minimum atomic E-state index is -0.171. The Bertz CT molecular complexity index is 448. The first-order valence-electron chi connectivity index (χ1n) is 5.25. The molecular formula is C12H15ClN2OS. The molecule has 0 saturated heterocycles. The highest BCUT2D eigenvalue weighted by molar-refractivity contribution is 7.80. The molecule has 3 nitrogen and oxygen atoms in total. The van der Waals surface area contributed by atoms with Gasteiger partial charge in [0.25, 0.3) is 5.91 Å². The fourth-order valence-electron chi connectivity index (χ4n) is 1.18. The van der Waals surface area contributed by atoms with E-state index in [1.807, 2.05) is 19.9 Å². The van der Waals surface area contributed by atoms with Crippen molar-refractivity contribution in [1.29, 1.82) is 0 Å². The van der Waals surface area contributed by atoms with Gasteiger partial charge in [0, 0.05) is 23.0 Å². The van der Waals surface area contributed by atoms with Crippen LogP contribution in [0.2, 0.25) is 5.02 Å². The highest BCUT2D eigenvalue weighted by atomic mass is 35.5. The Morgan fingerprint density at radius 3 is 2.76 bits per heavy atom. The van der Waals surface area contributed by atoms with E-state index in [0.29, 0.717) is 22.1 Å².